The monoisotopic (exact) mass is 430 g/mol. The van der Waals surface area contributed by atoms with Gasteiger partial charge in [-0.15, -0.1) is 0 Å². The molecule has 0 unspecified atom stereocenters. The lowest BCUT2D eigenvalue weighted by atomic mass is 10.2. The lowest BCUT2D eigenvalue weighted by molar-refractivity contribution is 0.0951. The minimum absolute atomic E-state index is 0.0930. The number of amides is 1. The summed E-state index contributed by atoms with van der Waals surface area (Å²) in [5.41, 5.74) is 1.62. The van der Waals surface area contributed by atoms with Gasteiger partial charge in [-0.3, -0.25) is 4.79 Å². The van der Waals surface area contributed by atoms with Crippen LogP contribution in [0.3, 0.4) is 0 Å². The third kappa shape index (κ3) is 4.55. The molecule has 0 atom stereocenters. The van der Waals surface area contributed by atoms with Crippen molar-refractivity contribution in [3.05, 3.63) is 87.6 Å². The minimum Gasteiger partial charge on any atom is -0.439 e. The maximum absolute atomic E-state index is 12.2. The largest absolute Gasteiger partial charge is 0.439 e. The number of nitrogens with one attached hydrogen (secondary N) is 1. The van der Waals surface area contributed by atoms with E-state index < -0.39 is 0 Å². The van der Waals surface area contributed by atoms with E-state index in [1.807, 2.05) is 54.6 Å². The number of nitrogens with zero attached hydrogens (tertiary/aromatic N) is 1. The Bertz CT molecular complexity index is 838. The number of carbonyl (C=O) groups excluding carboxylic acids is 1. The third-order valence-corrected chi connectivity index (χ3v) is 3.97. The van der Waals surface area contributed by atoms with Crippen molar-refractivity contribution in [2.75, 3.05) is 0 Å². The van der Waals surface area contributed by atoms with Gasteiger partial charge in [0.25, 0.3) is 5.91 Å². The highest BCUT2D eigenvalue weighted by atomic mass is 127. The molecule has 0 spiro atoms. The number of benzene rings is 2. The first-order valence-corrected chi connectivity index (χ1v) is 8.50. The van der Waals surface area contributed by atoms with Crippen LogP contribution in [0.15, 0.2) is 72.9 Å². The summed E-state index contributed by atoms with van der Waals surface area (Å²) in [7, 11) is 0. The summed E-state index contributed by atoms with van der Waals surface area (Å²) in [6.07, 6.45) is 1.68. The van der Waals surface area contributed by atoms with Crippen LogP contribution in [0.1, 0.15) is 15.9 Å². The average Bonchev–Trinajstić information content (AvgIpc) is 2.61. The van der Waals surface area contributed by atoms with Crippen molar-refractivity contribution in [2.24, 2.45) is 0 Å². The van der Waals surface area contributed by atoms with E-state index in [9.17, 15) is 4.79 Å². The van der Waals surface area contributed by atoms with Crippen LogP contribution in [0, 0.1) is 3.57 Å². The van der Waals surface area contributed by atoms with Crippen LogP contribution >= 0.6 is 22.6 Å². The molecule has 3 rings (SSSR count). The Labute approximate surface area is 154 Å². The molecule has 4 nitrogen and oxygen atoms in total. The molecule has 3 aromatic rings. The van der Waals surface area contributed by atoms with Crippen molar-refractivity contribution in [3.8, 4) is 11.6 Å². The van der Waals surface area contributed by atoms with Crippen LogP contribution in [-0.2, 0) is 6.54 Å². The number of ether oxygens (including phenoxy) is 1. The number of aromatic nitrogens is 1. The highest BCUT2D eigenvalue weighted by molar-refractivity contribution is 14.1. The molecule has 0 aliphatic carbocycles. The Morgan fingerprint density at radius 1 is 1.04 bits per heavy atom. The van der Waals surface area contributed by atoms with Crippen LogP contribution in [0.4, 0.5) is 0 Å². The molecule has 0 aliphatic rings. The molecule has 0 saturated heterocycles. The third-order valence-electron chi connectivity index (χ3n) is 3.30. The smallest absolute Gasteiger partial charge is 0.251 e. The number of pyridine rings is 1. The number of rotatable bonds is 5. The minimum atomic E-state index is -0.0930. The predicted octanol–water partition coefficient (Wildman–Crippen LogP) is 4.41. The summed E-state index contributed by atoms with van der Waals surface area (Å²) in [5, 5.41) is 2.92. The quantitative estimate of drug-likeness (QED) is 0.611. The first-order valence-electron chi connectivity index (χ1n) is 7.42. The van der Waals surface area contributed by atoms with Gasteiger partial charge in [0.2, 0.25) is 5.88 Å². The van der Waals surface area contributed by atoms with E-state index in [-0.39, 0.29) is 5.91 Å². The predicted molar refractivity (Wildman–Crippen MR) is 101 cm³/mol. The Kier molecular flexibility index (Phi) is 5.43. The van der Waals surface area contributed by atoms with Crippen LogP contribution in [0.2, 0.25) is 0 Å². The Balaban J connectivity index is 1.63. The molecule has 5 heteroatoms. The lowest BCUT2D eigenvalue weighted by Crippen LogP contribution is -2.22. The van der Waals surface area contributed by atoms with Gasteiger partial charge in [0.05, 0.1) is 0 Å². The molecule has 2 aromatic carbocycles. The highest BCUT2D eigenvalue weighted by Gasteiger charge is 2.06. The van der Waals surface area contributed by atoms with E-state index in [4.69, 9.17) is 4.74 Å². The fourth-order valence-electron chi connectivity index (χ4n) is 2.16. The zero-order chi connectivity index (χ0) is 16.8. The second kappa shape index (κ2) is 7.92. The zero-order valence-corrected chi connectivity index (χ0v) is 14.9. The Hall–Kier alpha value is -2.41. The first kappa shape index (κ1) is 16.4. The summed E-state index contributed by atoms with van der Waals surface area (Å²) in [5.74, 6) is 1.14. The van der Waals surface area contributed by atoms with Gasteiger partial charge in [-0.1, -0.05) is 24.3 Å². The van der Waals surface area contributed by atoms with Gasteiger partial charge < -0.3 is 10.1 Å². The summed E-state index contributed by atoms with van der Waals surface area (Å²) >= 11 is 2.19. The van der Waals surface area contributed by atoms with Gasteiger partial charge in [0.1, 0.15) is 5.75 Å². The van der Waals surface area contributed by atoms with Gasteiger partial charge in [-0.2, -0.15) is 0 Å². The SMILES string of the molecule is O=C(NCc1cccc(Oc2ccccn2)c1)c1cccc(I)c1. The molecular weight excluding hydrogens is 415 g/mol. The molecule has 0 saturated carbocycles. The van der Waals surface area contributed by atoms with Gasteiger partial charge >= 0.3 is 0 Å². The summed E-state index contributed by atoms with van der Waals surface area (Å²) in [6, 6.07) is 20.6. The van der Waals surface area contributed by atoms with E-state index in [2.05, 4.69) is 32.9 Å². The second-order valence-corrected chi connectivity index (χ2v) is 6.36. The maximum Gasteiger partial charge on any atom is 0.251 e. The first-order chi connectivity index (χ1) is 11.7. The molecule has 0 bridgehead atoms. The van der Waals surface area contributed by atoms with E-state index in [0.29, 0.717) is 23.7 Å². The molecule has 0 radical (unpaired) electrons. The summed E-state index contributed by atoms with van der Waals surface area (Å²) < 4.78 is 6.73. The zero-order valence-electron chi connectivity index (χ0n) is 12.8. The lowest BCUT2D eigenvalue weighted by Gasteiger charge is -2.08. The van der Waals surface area contributed by atoms with Crippen LogP contribution in [0.25, 0.3) is 0 Å². The molecular formula is C19H15IN2O2. The van der Waals surface area contributed by atoms with Crippen molar-refractivity contribution in [2.45, 2.75) is 6.54 Å². The maximum atomic E-state index is 12.2. The van der Waals surface area contributed by atoms with Crippen molar-refractivity contribution in [3.63, 3.8) is 0 Å². The van der Waals surface area contributed by atoms with E-state index in [1.54, 1.807) is 18.3 Å². The number of halogens is 1. The Morgan fingerprint density at radius 3 is 2.71 bits per heavy atom. The summed E-state index contributed by atoms with van der Waals surface area (Å²) in [6.45, 7) is 0.434. The van der Waals surface area contributed by atoms with Crippen LogP contribution < -0.4 is 10.1 Å². The van der Waals surface area contributed by atoms with Crippen LogP contribution in [0.5, 0.6) is 11.6 Å². The molecule has 0 aliphatic heterocycles. The molecule has 24 heavy (non-hydrogen) atoms. The van der Waals surface area contributed by atoms with Crippen molar-refractivity contribution < 1.29 is 9.53 Å². The van der Waals surface area contributed by atoms with E-state index in [0.717, 1.165) is 9.13 Å². The van der Waals surface area contributed by atoms with Crippen LogP contribution in [-0.4, -0.2) is 10.9 Å². The van der Waals surface area contributed by atoms with Crippen molar-refractivity contribution in [1.82, 2.24) is 10.3 Å². The molecule has 120 valence electrons. The topological polar surface area (TPSA) is 51.2 Å². The second-order valence-electron chi connectivity index (χ2n) is 5.11. The fraction of sp³-hybridized carbons (Fsp3) is 0.0526. The van der Waals surface area contributed by atoms with Gasteiger partial charge in [0.15, 0.2) is 0 Å². The number of carbonyl (C=O) groups is 1. The van der Waals surface area contributed by atoms with Crippen molar-refractivity contribution >= 4 is 28.5 Å². The molecule has 0 fully saturated rings. The van der Waals surface area contributed by atoms with Gasteiger partial charge in [0, 0.05) is 27.9 Å². The fourth-order valence-corrected chi connectivity index (χ4v) is 2.70. The molecule has 1 N–H and O–H groups in total. The normalized spacial score (nSPS) is 10.2. The molecule has 1 heterocycles. The van der Waals surface area contributed by atoms with E-state index >= 15 is 0 Å². The molecule has 1 amide bonds. The number of hydrogen-bond donors (Lipinski definition) is 1. The standard InChI is InChI=1S/C19H15IN2O2/c20-16-7-4-6-15(12-16)19(23)22-13-14-5-3-8-17(11-14)24-18-9-1-2-10-21-18/h1-12H,13H2,(H,22,23). The van der Waals surface area contributed by atoms with Gasteiger partial charge in [-0.05, 0) is 64.6 Å². The van der Waals surface area contributed by atoms with E-state index in [1.165, 1.54) is 0 Å². The summed E-state index contributed by atoms with van der Waals surface area (Å²) in [4.78, 5) is 16.3. The van der Waals surface area contributed by atoms with Gasteiger partial charge in [-0.25, -0.2) is 4.98 Å². The number of hydrogen-bond acceptors (Lipinski definition) is 3. The van der Waals surface area contributed by atoms with Crippen molar-refractivity contribution in [1.29, 1.82) is 0 Å². The Morgan fingerprint density at radius 2 is 1.92 bits per heavy atom. The highest BCUT2D eigenvalue weighted by Crippen LogP contribution is 2.20. The molecule has 1 aromatic heterocycles. The average molecular weight is 430 g/mol.